The third kappa shape index (κ3) is 2.93. The molecular weight excluding hydrogens is 224 g/mol. The van der Waals surface area contributed by atoms with E-state index in [4.69, 9.17) is 10.5 Å². The molecule has 5 nitrogen and oxygen atoms in total. The summed E-state index contributed by atoms with van der Waals surface area (Å²) in [6.45, 7) is 5.73. The molecule has 2 rings (SSSR count). The average Bonchev–Trinajstić information content (AvgIpc) is 2.73. The van der Waals surface area contributed by atoms with Crippen LogP contribution in [0.25, 0.3) is 0 Å². The third-order valence-corrected chi connectivity index (χ3v) is 3.30. The minimum Gasteiger partial charge on any atom is -0.378 e. The van der Waals surface area contributed by atoms with Crippen molar-refractivity contribution in [2.24, 2.45) is 10.7 Å². The average molecular weight is 240 g/mol. The molecule has 0 aliphatic carbocycles. The topological polar surface area (TPSA) is 63.7 Å². The highest BCUT2D eigenvalue weighted by Crippen LogP contribution is 2.12. The molecule has 16 heavy (non-hydrogen) atoms. The minimum atomic E-state index is 0.606. The van der Waals surface area contributed by atoms with Crippen LogP contribution in [0.2, 0.25) is 0 Å². The Morgan fingerprint density at radius 1 is 1.62 bits per heavy atom. The van der Waals surface area contributed by atoms with Gasteiger partial charge in [-0.05, 0) is 6.92 Å². The van der Waals surface area contributed by atoms with Crippen molar-refractivity contribution in [3.8, 4) is 0 Å². The van der Waals surface area contributed by atoms with E-state index in [1.807, 2.05) is 13.1 Å². The molecule has 0 bridgehead atoms. The Morgan fingerprint density at radius 2 is 2.38 bits per heavy atom. The first kappa shape index (κ1) is 11.3. The maximum Gasteiger partial charge on any atom is 0.191 e. The number of morpholine rings is 1. The van der Waals surface area contributed by atoms with Crippen LogP contribution in [0.3, 0.4) is 0 Å². The predicted octanol–water partition coefficient (Wildman–Crippen LogP) is 0.598. The molecule has 1 aromatic rings. The standard InChI is InChI=1S/C10H16N4OS/c1-8-12-6-9(16-8)7-13-10(11)14-2-4-15-5-3-14/h6H,2-5,7H2,1H3,(H2,11,13). The van der Waals surface area contributed by atoms with Crippen molar-refractivity contribution >= 4 is 17.3 Å². The molecule has 1 saturated heterocycles. The number of hydrogen-bond donors (Lipinski definition) is 1. The smallest absolute Gasteiger partial charge is 0.191 e. The number of nitrogens with two attached hydrogens (primary N) is 1. The third-order valence-electron chi connectivity index (χ3n) is 2.40. The first-order valence-corrected chi connectivity index (χ1v) is 6.11. The van der Waals surface area contributed by atoms with E-state index in [-0.39, 0.29) is 0 Å². The summed E-state index contributed by atoms with van der Waals surface area (Å²) in [6, 6.07) is 0. The van der Waals surface area contributed by atoms with Crippen LogP contribution in [-0.4, -0.2) is 42.1 Å². The Morgan fingerprint density at radius 3 is 3.00 bits per heavy atom. The SMILES string of the molecule is Cc1ncc(CN=C(N)N2CCOCC2)s1. The predicted molar refractivity (Wildman–Crippen MR) is 64.6 cm³/mol. The Balaban J connectivity index is 1.90. The maximum absolute atomic E-state index is 5.91. The second-order valence-electron chi connectivity index (χ2n) is 3.62. The van der Waals surface area contributed by atoms with Crippen molar-refractivity contribution in [1.29, 1.82) is 0 Å². The van der Waals surface area contributed by atoms with Crippen LogP contribution in [0.4, 0.5) is 0 Å². The molecule has 88 valence electrons. The molecule has 0 radical (unpaired) electrons. The van der Waals surface area contributed by atoms with Crippen LogP contribution in [0.15, 0.2) is 11.2 Å². The molecule has 6 heteroatoms. The molecule has 0 unspecified atom stereocenters. The Bertz CT molecular complexity index is 371. The van der Waals surface area contributed by atoms with Crippen molar-refractivity contribution in [3.05, 3.63) is 16.1 Å². The van der Waals surface area contributed by atoms with E-state index < -0.39 is 0 Å². The van der Waals surface area contributed by atoms with Crippen molar-refractivity contribution in [3.63, 3.8) is 0 Å². The van der Waals surface area contributed by atoms with Crippen LogP contribution in [0.1, 0.15) is 9.88 Å². The lowest BCUT2D eigenvalue weighted by molar-refractivity contribution is 0.0674. The number of guanidine groups is 1. The van der Waals surface area contributed by atoms with Gasteiger partial charge in [0.05, 0.1) is 24.8 Å². The highest BCUT2D eigenvalue weighted by molar-refractivity contribution is 7.11. The zero-order valence-electron chi connectivity index (χ0n) is 9.35. The number of aliphatic imine (C=N–C) groups is 1. The summed E-state index contributed by atoms with van der Waals surface area (Å²) in [7, 11) is 0. The summed E-state index contributed by atoms with van der Waals surface area (Å²) in [4.78, 5) is 11.7. The maximum atomic E-state index is 5.91. The van der Waals surface area contributed by atoms with Crippen LogP contribution < -0.4 is 5.73 Å². The second-order valence-corrected chi connectivity index (χ2v) is 4.94. The van der Waals surface area contributed by atoms with Crippen LogP contribution >= 0.6 is 11.3 Å². The number of rotatable bonds is 2. The molecule has 2 N–H and O–H groups in total. The van der Waals surface area contributed by atoms with Gasteiger partial charge in [0.25, 0.3) is 0 Å². The van der Waals surface area contributed by atoms with E-state index in [2.05, 4.69) is 14.9 Å². The first-order chi connectivity index (χ1) is 7.75. The summed E-state index contributed by atoms with van der Waals surface area (Å²) < 4.78 is 5.26. The van der Waals surface area contributed by atoms with Gasteiger partial charge in [-0.15, -0.1) is 11.3 Å². The molecule has 1 aliphatic heterocycles. The number of hydrogen-bond acceptors (Lipinski definition) is 4. The van der Waals surface area contributed by atoms with E-state index in [1.54, 1.807) is 11.3 Å². The first-order valence-electron chi connectivity index (χ1n) is 5.29. The van der Waals surface area contributed by atoms with Gasteiger partial charge in [-0.2, -0.15) is 0 Å². The van der Waals surface area contributed by atoms with Gasteiger partial charge in [-0.25, -0.2) is 9.98 Å². The number of thiazole rings is 1. The normalized spacial score (nSPS) is 17.8. The molecule has 0 aromatic carbocycles. The van der Waals surface area contributed by atoms with E-state index in [0.29, 0.717) is 12.5 Å². The fraction of sp³-hybridized carbons (Fsp3) is 0.600. The molecular formula is C10H16N4OS. The summed E-state index contributed by atoms with van der Waals surface area (Å²) in [5.74, 6) is 0.606. The lowest BCUT2D eigenvalue weighted by atomic mass is 10.4. The van der Waals surface area contributed by atoms with Crippen molar-refractivity contribution in [2.75, 3.05) is 26.3 Å². The fourth-order valence-electron chi connectivity index (χ4n) is 1.53. The number of nitrogens with zero attached hydrogens (tertiary/aromatic N) is 3. The van der Waals surface area contributed by atoms with Gasteiger partial charge in [0, 0.05) is 24.2 Å². The van der Waals surface area contributed by atoms with Crippen molar-refractivity contribution < 1.29 is 4.74 Å². The molecule has 1 aromatic heterocycles. The molecule has 0 spiro atoms. The highest BCUT2D eigenvalue weighted by Gasteiger charge is 2.11. The van der Waals surface area contributed by atoms with E-state index in [9.17, 15) is 0 Å². The van der Waals surface area contributed by atoms with Gasteiger partial charge in [0.15, 0.2) is 5.96 Å². The molecule has 1 fully saturated rings. The van der Waals surface area contributed by atoms with Crippen molar-refractivity contribution in [1.82, 2.24) is 9.88 Å². The van der Waals surface area contributed by atoms with Gasteiger partial charge >= 0.3 is 0 Å². The number of aryl methyl sites for hydroxylation is 1. The van der Waals surface area contributed by atoms with Crippen LogP contribution in [0.5, 0.6) is 0 Å². The zero-order chi connectivity index (χ0) is 11.4. The monoisotopic (exact) mass is 240 g/mol. The van der Waals surface area contributed by atoms with E-state index in [0.717, 1.165) is 36.2 Å². The van der Waals surface area contributed by atoms with Gasteiger partial charge < -0.3 is 15.4 Å². The number of aromatic nitrogens is 1. The van der Waals surface area contributed by atoms with Crippen molar-refractivity contribution in [2.45, 2.75) is 13.5 Å². The van der Waals surface area contributed by atoms with Gasteiger partial charge in [-0.3, -0.25) is 0 Å². The summed E-state index contributed by atoms with van der Waals surface area (Å²) >= 11 is 1.66. The molecule has 0 saturated carbocycles. The zero-order valence-corrected chi connectivity index (χ0v) is 10.2. The highest BCUT2D eigenvalue weighted by atomic mass is 32.1. The Kier molecular flexibility index (Phi) is 3.74. The minimum absolute atomic E-state index is 0.606. The largest absolute Gasteiger partial charge is 0.378 e. The Hall–Kier alpha value is -1.14. The van der Waals surface area contributed by atoms with Crippen LogP contribution in [0, 0.1) is 6.92 Å². The molecule has 2 heterocycles. The summed E-state index contributed by atoms with van der Waals surface area (Å²) in [5.41, 5.74) is 5.91. The van der Waals surface area contributed by atoms with Crippen LogP contribution in [-0.2, 0) is 11.3 Å². The Labute approximate surface area is 98.9 Å². The quantitative estimate of drug-likeness (QED) is 0.607. The lowest BCUT2D eigenvalue weighted by Crippen LogP contribution is -2.44. The lowest BCUT2D eigenvalue weighted by Gasteiger charge is -2.27. The van der Waals surface area contributed by atoms with E-state index >= 15 is 0 Å². The number of ether oxygens (including phenoxy) is 1. The van der Waals surface area contributed by atoms with Gasteiger partial charge in [0.1, 0.15) is 0 Å². The molecule has 0 atom stereocenters. The second kappa shape index (κ2) is 5.27. The molecule has 0 amide bonds. The summed E-state index contributed by atoms with van der Waals surface area (Å²) in [5, 5.41) is 1.06. The van der Waals surface area contributed by atoms with Gasteiger partial charge in [-0.1, -0.05) is 0 Å². The van der Waals surface area contributed by atoms with Gasteiger partial charge in [0.2, 0.25) is 0 Å². The fourth-order valence-corrected chi connectivity index (χ4v) is 2.25. The van der Waals surface area contributed by atoms with E-state index in [1.165, 1.54) is 0 Å². The molecule has 1 aliphatic rings. The summed E-state index contributed by atoms with van der Waals surface area (Å²) in [6.07, 6.45) is 1.86.